The largest absolute Gasteiger partial charge is 0.496 e. The molecule has 0 fully saturated rings. The molecule has 1 aromatic carbocycles. The van der Waals surface area contributed by atoms with E-state index in [1.807, 2.05) is 11.6 Å². The molecule has 0 bridgehead atoms. The maximum Gasteiger partial charge on any atom is 0.126 e. The maximum absolute atomic E-state index is 5.44. The lowest BCUT2D eigenvalue weighted by molar-refractivity contribution is 0.409. The molecule has 1 N–H and O–H groups in total. The molecule has 2 aromatic rings. The molecule has 1 heterocycles. The van der Waals surface area contributed by atoms with Crippen molar-refractivity contribution < 1.29 is 4.74 Å². The summed E-state index contributed by atoms with van der Waals surface area (Å²) in [6.45, 7) is 6.24. The Labute approximate surface area is 112 Å². The highest BCUT2D eigenvalue weighted by molar-refractivity contribution is 7.09. The van der Waals surface area contributed by atoms with Crippen molar-refractivity contribution in [2.75, 3.05) is 12.4 Å². The molecule has 1 unspecified atom stereocenters. The van der Waals surface area contributed by atoms with E-state index in [2.05, 4.69) is 43.2 Å². The van der Waals surface area contributed by atoms with E-state index in [1.54, 1.807) is 18.4 Å². The molecule has 1 aromatic heterocycles. The summed E-state index contributed by atoms with van der Waals surface area (Å²) < 4.78 is 5.44. The average Bonchev–Trinajstić information content (AvgIpc) is 2.87. The van der Waals surface area contributed by atoms with Gasteiger partial charge in [-0.05, 0) is 32.4 Å². The molecule has 0 aliphatic heterocycles. The average molecular weight is 262 g/mol. The normalized spacial score (nSPS) is 12.2. The summed E-state index contributed by atoms with van der Waals surface area (Å²) in [4.78, 5) is 4.33. The number of nitrogens with zero attached hydrogens (tertiary/aromatic N) is 1. The van der Waals surface area contributed by atoms with Crippen molar-refractivity contribution in [2.24, 2.45) is 0 Å². The van der Waals surface area contributed by atoms with Crippen LogP contribution in [0.1, 0.15) is 29.1 Å². The minimum atomic E-state index is 0.205. The Morgan fingerprint density at radius 1 is 1.33 bits per heavy atom. The molecule has 0 spiro atoms. The molecule has 0 amide bonds. The molecule has 18 heavy (non-hydrogen) atoms. The SMILES string of the molecule is COc1c(C)ccc(NC(C)c2nccs2)c1C. The first kappa shape index (κ1) is 12.9. The van der Waals surface area contributed by atoms with Crippen LogP contribution in [-0.4, -0.2) is 12.1 Å². The van der Waals surface area contributed by atoms with Crippen molar-refractivity contribution in [1.29, 1.82) is 0 Å². The first-order valence-corrected chi connectivity index (χ1v) is 6.81. The Hall–Kier alpha value is -1.55. The van der Waals surface area contributed by atoms with Crippen LogP contribution in [0.25, 0.3) is 0 Å². The molecule has 4 heteroatoms. The van der Waals surface area contributed by atoms with Crippen molar-refractivity contribution in [3.05, 3.63) is 39.8 Å². The van der Waals surface area contributed by atoms with Gasteiger partial charge in [-0.3, -0.25) is 0 Å². The van der Waals surface area contributed by atoms with E-state index in [1.165, 1.54) is 0 Å². The van der Waals surface area contributed by atoms with Crippen molar-refractivity contribution in [3.8, 4) is 5.75 Å². The van der Waals surface area contributed by atoms with Gasteiger partial charge in [0.05, 0.1) is 13.2 Å². The van der Waals surface area contributed by atoms with Gasteiger partial charge in [0.2, 0.25) is 0 Å². The van der Waals surface area contributed by atoms with Gasteiger partial charge in [-0.1, -0.05) is 6.07 Å². The summed E-state index contributed by atoms with van der Waals surface area (Å²) >= 11 is 1.66. The van der Waals surface area contributed by atoms with Crippen LogP contribution in [0.4, 0.5) is 5.69 Å². The number of nitrogens with one attached hydrogen (secondary N) is 1. The molecule has 0 aliphatic carbocycles. The number of anilines is 1. The summed E-state index contributed by atoms with van der Waals surface area (Å²) in [5.41, 5.74) is 3.39. The monoisotopic (exact) mass is 262 g/mol. The fourth-order valence-electron chi connectivity index (χ4n) is 2.04. The molecule has 0 saturated carbocycles. The smallest absolute Gasteiger partial charge is 0.126 e. The summed E-state index contributed by atoms with van der Waals surface area (Å²) in [5, 5.41) is 6.57. The minimum absolute atomic E-state index is 0.205. The Morgan fingerprint density at radius 2 is 2.11 bits per heavy atom. The summed E-state index contributed by atoms with van der Waals surface area (Å²) in [6.07, 6.45) is 1.83. The molecular formula is C14H18N2OS. The van der Waals surface area contributed by atoms with Crippen molar-refractivity contribution in [1.82, 2.24) is 4.98 Å². The Morgan fingerprint density at radius 3 is 2.72 bits per heavy atom. The zero-order valence-corrected chi connectivity index (χ0v) is 12.0. The molecular weight excluding hydrogens is 244 g/mol. The third kappa shape index (κ3) is 2.48. The van der Waals surface area contributed by atoms with E-state index in [9.17, 15) is 0 Å². The van der Waals surface area contributed by atoms with E-state index in [0.717, 1.165) is 27.6 Å². The van der Waals surface area contributed by atoms with E-state index < -0.39 is 0 Å². The molecule has 3 nitrogen and oxygen atoms in total. The van der Waals surface area contributed by atoms with Crippen LogP contribution in [0.2, 0.25) is 0 Å². The van der Waals surface area contributed by atoms with Crippen molar-refractivity contribution in [2.45, 2.75) is 26.8 Å². The van der Waals surface area contributed by atoms with Crippen LogP contribution in [0.5, 0.6) is 5.75 Å². The summed E-state index contributed by atoms with van der Waals surface area (Å²) in [6, 6.07) is 4.37. The fraction of sp³-hybridized carbons (Fsp3) is 0.357. The molecule has 0 aliphatic rings. The van der Waals surface area contributed by atoms with E-state index in [4.69, 9.17) is 4.74 Å². The van der Waals surface area contributed by atoms with Crippen LogP contribution >= 0.6 is 11.3 Å². The lowest BCUT2D eigenvalue weighted by atomic mass is 10.1. The number of hydrogen-bond acceptors (Lipinski definition) is 4. The highest BCUT2D eigenvalue weighted by atomic mass is 32.1. The quantitative estimate of drug-likeness (QED) is 0.906. The van der Waals surface area contributed by atoms with Gasteiger partial charge in [-0.25, -0.2) is 4.98 Å². The predicted molar refractivity (Wildman–Crippen MR) is 76.6 cm³/mol. The van der Waals surface area contributed by atoms with Crippen LogP contribution in [-0.2, 0) is 0 Å². The fourth-order valence-corrected chi connectivity index (χ4v) is 2.69. The minimum Gasteiger partial charge on any atom is -0.496 e. The molecule has 2 rings (SSSR count). The van der Waals surface area contributed by atoms with Gasteiger partial charge in [0.15, 0.2) is 0 Å². The number of thiazole rings is 1. The highest BCUT2D eigenvalue weighted by Gasteiger charge is 2.12. The van der Waals surface area contributed by atoms with Gasteiger partial charge in [0, 0.05) is 22.8 Å². The molecule has 96 valence electrons. The number of aromatic nitrogens is 1. The third-order valence-electron chi connectivity index (χ3n) is 3.00. The lowest BCUT2D eigenvalue weighted by Crippen LogP contribution is -2.08. The second kappa shape index (κ2) is 5.40. The van der Waals surface area contributed by atoms with Crippen LogP contribution in [0.3, 0.4) is 0 Å². The second-order valence-corrected chi connectivity index (χ2v) is 5.25. The maximum atomic E-state index is 5.44. The van der Waals surface area contributed by atoms with Crippen LogP contribution in [0.15, 0.2) is 23.7 Å². The molecule has 1 atom stereocenters. The first-order chi connectivity index (χ1) is 8.63. The van der Waals surface area contributed by atoms with Gasteiger partial charge >= 0.3 is 0 Å². The Balaban J connectivity index is 2.24. The number of aryl methyl sites for hydroxylation is 1. The first-order valence-electron chi connectivity index (χ1n) is 5.93. The van der Waals surface area contributed by atoms with E-state index in [0.29, 0.717) is 0 Å². The van der Waals surface area contributed by atoms with Gasteiger partial charge in [0.1, 0.15) is 10.8 Å². The number of methoxy groups -OCH3 is 1. The lowest BCUT2D eigenvalue weighted by Gasteiger charge is -2.18. The van der Waals surface area contributed by atoms with Crippen LogP contribution in [0, 0.1) is 13.8 Å². The summed E-state index contributed by atoms with van der Waals surface area (Å²) in [5.74, 6) is 0.950. The Kier molecular flexibility index (Phi) is 3.87. The van der Waals surface area contributed by atoms with E-state index in [-0.39, 0.29) is 6.04 Å². The van der Waals surface area contributed by atoms with Gasteiger partial charge < -0.3 is 10.1 Å². The summed E-state index contributed by atoms with van der Waals surface area (Å²) in [7, 11) is 1.71. The van der Waals surface area contributed by atoms with Crippen LogP contribution < -0.4 is 10.1 Å². The number of benzene rings is 1. The number of ether oxygens (including phenoxy) is 1. The number of rotatable bonds is 4. The molecule has 0 radical (unpaired) electrons. The standard InChI is InChI=1S/C14H18N2OS/c1-9-5-6-12(10(2)13(9)17-4)16-11(3)14-15-7-8-18-14/h5-8,11,16H,1-4H3. The second-order valence-electron chi connectivity index (χ2n) is 4.32. The third-order valence-corrected chi connectivity index (χ3v) is 3.96. The number of hydrogen-bond donors (Lipinski definition) is 1. The highest BCUT2D eigenvalue weighted by Crippen LogP contribution is 2.31. The molecule has 0 saturated heterocycles. The van der Waals surface area contributed by atoms with Crippen molar-refractivity contribution >= 4 is 17.0 Å². The Bertz CT molecular complexity index is 523. The zero-order valence-electron chi connectivity index (χ0n) is 11.2. The zero-order chi connectivity index (χ0) is 13.1. The van der Waals surface area contributed by atoms with E-state index >= 15 is 0 Å². The predicted octanol–water partition coefficient (Wildman–Crippen LogP) is 3.94. The topological polar surface area (TPSA) is 34.1 Å². The van der Waals surface area contributed by atoms with Crippen molar-refractivity contribution in [3.63, 3.8) is 0 Å². The van der Waals surface area contributed by atoms with Gasteiger partial charge in [-0.15, -0.1) is 11.3 Å². The van der Waals surface area contributed by atoms with Gasteiger partial charge in [-0.2, -0.15) is 0 Å². The van der Waals surface area contributed by atoms with Gasteiger partial charge in [0.25, 0.3) is 0 Å².